The standard InChI is InChI=1S/C12H16BrNO2S/c1-8-2-3-9(12(15)16)5-14(8)6-11-4-10(13)7-17-11/h4,7-9H,2-3,5-6H2,1H3,(H,15,16). The molecule has 1 N–H and O–H groups in total. The van der Waals surface area contributed by atoms with E-state index in [4.69, 9.17) is 5.11 Å². The smallest absolute Gasteiger partial charge is 0.307 e. The van der Waals surface area contributed by atoms with E-state index < -0.39 is 5.97 Å². The summed E-state index contributed by atoms with van der Waals surface area (Å²) in [6.45, 7) is 3.72. The highest BCUT2D eigenvalue weighted by molar-refractivity contribution is 9.10. The second-order valence-electron chi connectivity index (χ2n) is 4.62. The number of rotatable bonds is 3. The van der Waals surface area contributed by atoms with E-state index >= 15 is 0 Å². The molecule has 1 aromatic rings. The number of halogens is 1. The van der Waals surface area contributed by atoms with E-state index in [1.807, 2.05) is 0 Å². The van der Waals surface area contributed by atoms with E-state index in [0.717, 1.165) is 23.9 Å². The monoisotopic (exact) mass is 317 g/mol. The van der Waals surface area contributed by atoms with E-state index in [2.05, 4.69) is 39.2 Å². The lowest BCUT2D eigenvalue weighted by atomic mass is 9.93. The molecular formula is C12H16BrNO2S. The number of nitrogens with zero attached hydrogens (tertiary/aromatic N) is 1. The Labute approximate surface area is 114 Å². The summed E-state index contributed by atoms with van der Waals surface area (Å²) >= 11 is 5.16. The Morgan fingerprint density at radius 2 is 2.41 bits per heavy atom. The lowest BCUT2D eigenvalue weighted by Gasteiger charge is -2.36. The summed E-state index contributed by atoms with van der Waals surface area (Å²) in [6, 6.07) is 2.59. The minimum absolute atomic E-state index is 0.199. The summed E-state index contributed by atoms with van der Waals surface area (Å²) in [5.74, 6) is -0.858. The van der Waals surface area contributed by atoms with E-state index in [9.17, 15) is 4.79 Å². The third kappa shape index (κ3) is 3.30. The molecule has 2 rings (SSSR count). The predicted molar refractivity (Wildman–Crippen MR) is 72.3 cm³/mol. The molecule has 1 saturated heterocycles. The molecule has 0 amide bonds. The Morgan fingerprint density at radius 1 is 1.65 bits per heavy atom. The van der Waals surface area contributed by atoms with Crippen molar-refractivity contribution in [1.82, 2.24) is 4.90 Å². The molecule has 2 unspecified atom stereocenters. The van der Waals surface area contributed by atoms with Crippen LogP contribution in [0.15, 0.2) is 15.9 Å². The highest BCUT2D eigenvalue weighted by Crippen LogP contribution is 2.27. The quantitative estimate of drug-likeness (QED) is 0.930. The molecule has 17 heavy (non-hydrogen) atoms. The van der Waals surface area contributed by atoms with Crippen LogP contribution in [-0.4, -0.2) is 28.6 Å². The van der Waals surface area contributed by atoms with Gasteiger partial charge in [-0.05, 0) is 41.8 Å². The number of hydrogen-bond acceptors (Lipinski definition) is 3. The predicted octanol–water partition coefficient (Wildman–Crippen LogP) is 3.20. The van der Waals surface area contributed by atoms with Gasteiger partial charge in [0.15, 0.2) is 0 Å². The maximum Gasteiger partial charge on any atom is 0.307 e. The first-order valence-electron chi connectivity index (χ1n) is 5.76. The molecule has 1 aromatic heterocycles. The van der Waals surface area contributed by atoms with Gasteiger partial charge in [-0.25, -0.2) is 0 Å². The van der Waals surface area contributed by atoms with Crippen molar-refractivity contribution in [2.75, 3.05) is 6.54 Å². The van der Waals surface area contributed by atoms with Gasteiger partial charge >= 0.3 is 5.97 Å². The van der Waals surface area contributed by atoms with E-state index in [1.165, 1.54) is 4.88 Å². The van der Waals surface area contributed by atoms with E-state index in [1.54, 1.807) is 11.3 Å². The van der Waals surface area contributed by atoms with Crippen molar-refractivity contribution < 1.29 is 9.90 Å². The maximum absolute atomic E-state index is 11.0. The van der Waals surface area contributed by atoms with Crippen LogP contribution in [-0.2, 0) is 11.3 Å². The number of piperidine rings is 1. The van der Waals surface area contributed by atoms with Crippen LogP contribution < -0.4 is 0 Å². The molecule has 2 atom stereocenters. The first-order valence-corrected chi connectivity index (χ1v) is 7.43. The Kier molecular flexibility index (Phi) is 4.22. The van der Waals surface area contributed by atoms with Crippen LogP contribution >= 0.6 is 27.3 Å². The first-order chi connectivity index (χ1) is 8.06. The van der Waals surface area contributed by atoms with Gasteiger partial charge in [-0.3, -0.25) is 9.69 Å². The van der Waals surface area contributed by atoms with Crippen LogP contribution in [0.5, 0.6) is 0 Å². The van der Waals surface area contributed by atoms with Crippen molar-refractivity contribution in [3.05, 3.63) is 20.8 Å². The van der Waals surface area contributed by atoms with Gasteiger partial charge in [0.05, 0.1) is 5.92 Å². The number of likely N-dealkylation sites (tertiary alicyclic amines) is 1. The second kappa shape index (κ2) is 5.50. The molecule has 1 aliphatic rings. The Morgan fingerprint density at radius 3 is 3.00 bits per heavy atom. The van der Waals surface area contributed by atoms with Crippen molar-refractivity contribution in [3.8, 4) is 0 Å². The zero-order valence-corrected chi connectivity index (χ0v) is 12.1. The number of thiophene rings is 1. The van der Waals surface area contributed by atoms with Gasteiger partial charge in [0.1, 0.15) is 0 Å². The molecule has 1 aliphatic heterocycles. The van der Waals surface area contributed by atoms with Crippen LogP contribution in [0.1, 0.15) is 24.6 Å². The topological polar surface area (TPSA) is 40.5 Å². The van der Waals surface area contributed by atoms with Crippen LogP contribution in [0, 0.1) is 5.92 Å². The fourth-order valence-corrected chi connectivity index (χ4v) is 3.71. The van der Waals surface area contributed by atoms with Crippen molar-refractivity contribution in [2.45, 2.75) is 32.4 Å². The van der Waals surface area contributed by atoms with Gasteiger partial charge in [-0.15, -0.1) is 11.3 Å². The molecule has 0 radical (unpaired) electrons. The molecule has 0 bridgehead atoms. The van der Waals surface area contributed by atoms with Crippen molar-refractivity contribution >= 4 is 33.2 Å². The van der Waals surface area contributed by atoms with E-state index in [-0.39, 0.29) is 5.92 Å². The summed E-state index contributed by atoms with van der Waals surface area (Å²) in [7, 11) is 0. The van der Waals surface area contributed by atoms with Crippen molar-refractivity contribution in [1.29, 1.82) is 0 Å². The lowest BCUT2D eigenvalue weighted by molar-refractivity contribution is -0.144. The summed E-state index contributed by atoms with van der Waals surface area (Å²) in [5.41, 5.74) is 0. The second-order valence-corrected chi connectivity index (χ2v) is 6.53. The molecule has 94 valence electrons. The van der Waals surface area contributed by atoms with E-state index in [0.29, 0.717) is 12.6 Å². The first kappa shape index (κ1) is 13.1. The molecule has 0 saturated carbocycles. The van der Waals surface area contributed by atoms with Crippen LogP contribution in [0.25, 0.3) is 0 Å². The van der Waals surface area contributed by atoms with Crippen LogP contribution in [0.4, 0.5) is 0 Å². The fourth-order valence-electron chi connectivity index (χ4n) is 2.24. The zero-order valence-electron chi connectivity index (χ0n) is 9.73. The minimum Gasteiger partial charge on any atom is -0.481 e. The summed E-state index contributed by atoms with van der Waals surface area (Å²) < 4.78 is 1.11. The van der Waals surface area contributed by atoms with Gasteiger partial charge in [0.2, 0.25) is 0 Å². The third-order valence-electron chi connectivity index (χ3n) is 3.34. The molecular weight excluding hydrogens is 302 g/mol. The average molecular weight is 318 g/mol. The summed E-state index contributed by atoms with van der Waals surface area (Å²) in [5, 5.41) is 11.1. The lowest BCUT2D eigenvalue weighted by Crippen LogP contribution is -2.43. The van der Waals surface area contributed by atoms with Gasteiger partial charge in [-0.2, -0.15) is 0 Å². The van der Waals surface area contributed by atoms with Crippen molar-refractivity contribution in [2.24, 2.45) is 5.92 Å². The molecule has 3 nitrogen and oxygen atoms in total. The Bertz CT molecular complexity index is 407. The highest BCUT2D eigenvalue weighted by Gasteiger charge is 2.29. The molecule has 2 heterocycles. The Hall–Kier alpha value is -0.390. The molecule has 0 aliphatic carbocycles. The zero-order chi connectivity index (χ0) is 12.4. The molecule has 0 aromatic carbocycles. The Balaban J connectivity index is 2.00. The summed E-state index contributed by atoms with van der Waals surface area (Å²) in [6.07, 6.45) is 1.78. The number of carboxylic acid groups (broad SMARTS) is 1. The third-order valence-corrected chi connectivity index (χ3v) is 5.02. The van der Waals surface area contributed by atoms with Gasteiger partial charge in [-0.1, -0.05) is 0 Å². The van der Waals surface area contributed by atoms with Crippen LogP contribution in [0.3, 0.4) is 0 Å². The maximum atomic E-state index is 11.0. The fraction of sp³-hybridized carbons (Fsp3) is 0.583. The van der Waals surface area contributed by atoms with Gasteiger partial charge < -0.3 is 5.11 Å². The number of aliphatic carboxylic acids is 1. The average Bonchev–Trinajstić information content (AvgIpc) is 2.67. The number of hydrogen-bond donors (Lipinski definition) is 1. The largest absolute Gasteiger partial charge is 0.481 e. The van der Waals surface area contributed by atoms with Gasteiger partial charge in [0, 0.05) is 33.9 Å². The van der Waals surface area contributed by atoms with Crippen molar-refractivity contribution in [3.63, 3.8) is 0 Å². The normalized spacial score (nSPS) is 26.0. The van der Waals surface area contributed by atoms with Crippen LogP contribution in [0.2, 0.25) is 0 Å². The SMILES string of the molecule is CC1CCC(C(=O)O)CN1Cc1cc(Br)cs1. The molecule has 0 spiro atoms. The summed E-state index contributed by atoms with van der Waals surface area (Å²) in [4.78, 5) is 14.6. The molecule has 1 fully saturated rings. The van der Waals surface area contributed by atoms with Gasteiger partial charge in [0.25, 0.3) is 0 Å². The number of carbonyl (C=O) groups is 1. The minimum atomic E-state index is -0.658. The number of carboxylic acids is 1. The molecule has 5 heteroatoms. The highest BCUT2D eigenvalue weighted by atomic mass is 79.9.